The van der Waals surface area contributed by atoms with Crippen LogP contribution in [0.25, 0.3) is 11.1 Å². The lowest BCUT2D eigenvalue weighted by Crippen LogP contribution is -2.33. The van der Waals surface area contributed by atoms with Gasteiger partial charge in [0.25, 0.3) is 0 Å². The van der Waals surface area contributed by atoms with Crippen molar-refractivity contribution in [2.75, 3.05) is 26.2 Å². The van der Waals surface area contributed by atoms with E-state index in [1.54, 1.807) is 12.1 Å². The van der Waals surface area contributed by atoms with Gasteiger partial charge in [-0.15, -0.1) is 0 Å². The Morgan fingerprint density at radius 2 is 1.86 bits per heavy atom. The Morgan fingerprint density at radius 3 is 2.54 bits per heavy atom. The molecule has 1 aliphatic carbocycles. The number of halogens is 3. The van der Waals surface area contributed by atoms with E-state index in [0.29, 0.717) is 11.1 Å². The summed E-state index contributed by atoms with van der Waals surface area (Å²) in [4.78, 5) is 2.31. The summed E-state index contributed by atoms with van der Waals surface area (Å²) in [6, 6.07) is 14.4. The zero-order valence-electron chi connectivity index (χ0n) is 15.8. The molecule has 2 aromatic rings. The number of likely N-dealkylation sites (tertiary alicyclic amines) is 1. The lowest BCUT2D eigenvalue weighted by atomic mass is 9.96. The molecule has 1 saturated carbocycles. The van der Waals surface area contributed by atoms with Crippen LogP contribution in [0.5, 0.6) is 0 Å². The van der Waals surface area contributed by atoms with E-state index in [0.717, 1.165) is 44.6 Å². The van der Waals surface area contributed by atoms with Crippen LogP contribution >= 0.6 is 0 Å². The molecule has 2 aromatic carbocycles. The fraction of sp³-hybridized carbons (Fsp3) is 0.455. The van der Waals surface area contributed by atoms with Gasteiger partial charge in [-0.1, -0.05) is 42.5 Å². The Kier molecular flexibility index (Phi) is 5.45. The van der Waals surface area contributed by atoms with Crippen LogP contribution in [0, 0.1) is 0 Å². The van der Waals surface area contributed by atoms with Crippen LogP contribution in [-0.2, 0) is 6.18 Å². The van der Waals surface area contributed by atoms with E-state index < -0.39 is 11.7 Å². The molecule has 3 atom stereocenters. The van der Waals surface area contributed by atoms with Crippen LogP contribution in [-0.4, -0.2) is 43.2 Å². The third-order valence-electron chi connectivity index (χ3n) is 5.80. The average molecular weight is 389 g/mol. The molecule has 2 fully saturated rings. The number of alkyl halides is 3. The molecule has 1 aliphatic heterocycles. The Balaban J connectivity index is 1.43. The molecule has 3 nitrogen and oxygen atoms in total. The Morgan fingerprint density at radius 1 is 1.07 bits per heavy atom. The Labute approximate surface area is 163 Å². The van der Waals surface area contributed by atoms with Gasteiger partial charge < -0.3 is 16.0 Å². The predicted molar refractivity (Wildman–Crippen MR) is 105 cm³/mol. The topological polar surface area (TPSA) is 41.3 Å². The number of hydrogen-bond donors (Lipinski definition) is 2. The second kappa shape index (κ2) is 7.85. The quantitative estimate of drug-likeness (QED) is 0.789. The number of rotatable bonds is 6. The molecule has 2 aliphatic rings. The molecule has 2 unspecified atom stereocenters. The Bertz CT molecular complexity index is 806. The molecule has 0 amide bonds. The van der Waals surface area contributed by atoms with Crippen LogP contribution in [0.1, 0.15) is 29.9 Å². The first kappa shape index (κ1) is 19.4. The summed E-state index contributed by atoms with van der Waals surface area (Å²) >= 11 is 0. The van der Waals surface area contributed by atoms with Crippen molar-refractivity contribution in [1.82, 2.24) is 10.2 Å². The maximum absolute atomic E-state index is 13.7. The van der Waals surface area contributed by atoms with E-state index in [4.69, 9.17) is 5.73 Å². The first-order valence-electron chi connectivity index (χ1n) is 9.89. The molecular formula is C22H26F3N3. The maximum atomic E-state index is 13.7. The summed E-state index contributed by atoms with van der Waals surface area (Å²) in [6.07, 6.45) is -2.57. The van der Waals surface area contributed by atoms with E-state index >= 15 is 0 Å². The van der Waals surface area contributed by atoms with E-state index in [2.05, 4.69) is 10.2 Å². The molecule has 1 saturated heterocycles. The minimum absolute atomic E-state index is 0.0673. The van der Waals surface area contributed by atoms with E-state index in [9.17, 15) is 13.2 Å². The molecule has 6 heteroatoms. The van der Waals surface area contributed by atoms with Gasteiger partial charge in [-0.2, -0.15) is 13.2 Å². The highest BCUT2D eigenvalue weighted by atomic mass is 19.4. The predicted octanol–water partition coefficient (Wildman–Crippen LogP) is 3.85. The molecule has 0 spiro atoms. The largest absolute Gasteiger partial charge is 0.416 e. The number of benzene rings is 2. The lowest BCUT2D eigenvalue weighted by Gasteiger charge is -2.17. The van der Waals surface area contributed by atoms with Gasteiger partial charge in [0.05, 0.1) is 5.56 Å². The first-order chi connectivity index (χ1) is 13.4. The highest BCUT2D eigenvalue weighted by Crippen LogP contribution is 2.47. The van der Waals surface area contributed by atoms with Gasteiger partial charge in [0, 0.05) is 37.6 Å². The molecule has 0 aromatic heterocycles. The molecule has 0 bridgehead atoms. The SMILES string of the molecule is N[C@H]1CCN(CCNC2CC2c2ccc(-c3ccccc3)cc2C(F)(F)F)C1. The number of nitrogens with two attached hydrogens (primary N) is 1. The first-order valence-corrected chi connectivity index (χ1v) is 9.89. The normalized spacial score (nSPS) is 25.2. The van der Waals surface area contributed by atoms with Gasteiger partial charge in [-0.05, 0) is 42.1 Å². The summed E-state index contributed by atoms with van der Waals surface area (Å²) in [7, 11) is 0. The summed E-state index contributed by atoms with van der Waals surface area (Å²) in [5.74, 6) is -0.0673. The van der Waals surface area contributed by atoms with Crippen molar-refractivity contribution in [3.8, 4) is 11.1 Å². The van der Waals surface area contributed by atoms with Crippen molar-refractivity contribution in [3.63, 3.8) is 0 Å². The molecule has 4 rings (SSSR count). The molecule has 28 heavy (non-hydrogen) atoms. The van der Waals surface area contributed by atoms with Crippen molar-refractivity contribution in [2.24, 2.45) is 5.73 Å². The van der Waals surface area contributed by atoms with Gasteiger partial charge in [0.1, 0.15) is 0 Å². The van der Waals surface area contributed by atoms with E-state index in [-0.39, 0.29) is 18.0 Å². The summed E-state index contributed by atoms with van der Waals surface area (Å²) < 4.78 is 41.1. The van der Waals surface area contributed by atoms with Crippen LogP contribution in [0.4, 0.5) is 13.2 Å². The van der Waals surface area contributed by atoms with E-state index in [1.807, 2.05) is 30.3 Å². The zero-order chi connectivity index (χ0) is 19.7. The highest BCUT2D eigenvalue weighted by Gasteiger charge is 2.44. The fourth-order valence-corrected chi connectivity index (χ4v) is 4.17. The van der Waals surface area contributed by atoms with Gasteiger partial charge in [-0.3, -0.25) is 0 Å². The maximum Gasteiger partial charge on any atom is 0.416 e. The van der Waals surface area contributed by atoms with Gasteiger partial charge in [0.15, 0.2) is 0 Å². The smallest absolute Gasteiger partial charge is 0.326 e. The molecule has 150 valence electrons. The standard InChI is InChI=1S/C22H26F3N3/c23-22(24,25)20-12-16(15-4-2-1-3-5-15)6-7-18(20)19-13-21(19)27-9-11-28-10-8-17(26)14-28/h1-7,12,17,19,21,27H,8-11,13-14,26H2/t17-,19?,21?/m0/s1. The monoisotopic (exact) mass is 389 g/mol. The van der Waals surface area contributed by atoms with Crippen LogP contribution in [0.3, 0.4) is 0 Å². The van der Waals surface area contributed by atoms with Crippen molar-refractivity contribution >= 4 is 0 Å². The number of nitrogens with one attached hydrogen (secondary N) is 1. The second-order valence-corrected chi connectivity index (χ2v) is 7.92. The highest BCUT2D eigenvalue weighted by molar-refractivity contribution is 5.65. The number of hydrogen-bond acceptors (Lipinski definition) is 3. The third kappa shape index (κ3) is 4.40. The van der Waals surface area contributed by atoms with E-state index in [1.165, 1.54) is 6.07 Å². The van der Waals surface area contributed by atoms with Crippen LogP contribution in [0.15, 0.2) is 48.5 Å². The van der Waals surface area contributed by atoms with Gasteiger partial charge in [0.2, 0.25) is 0 Å². The molecule has 1 heterocycles. The van der Waals surface area contributed by atoms with Crippen molar-refractivity contribution in [3.05, 3.63) is 59.7 Å². The molecular weight excluding hydrogens is 363 g/mol. The van der Waals surface area contributed by atoms with Crippen molar-refractivity contribution in [2.45, 2.75) is 37.0 Å². The molecule has 3 N–H and O–H groups in total. The van der Waals surface area contributed by atoms with Gasteiger partial charge >= 0.3 is 6.18 Å². The number of nitrogens with zero attached hydrogens (tertiary/aromatic N) is 1. The molecule has 0 radical (unpaired) electrons. The third-order valence-corrected chi connectivity index (χ3v) is 5.80. The zero-order valence-corrected chi connectivity index (χ0v) is 15.8. The lowest BCUT2D eigenvalue weighted by molar-refractivity contribution is -0.138. The average Bonchev–Trinajstić information content (AvgIpc) is 3.33. The van der Waals surface area contributed by atoms with Crippen molar-refractivity contribution < 1.29 is 13.2 Å². The second-order valence-electron chi connectivity index (χ2n) is 7.92. The Hall–Kier alpha value is -1.89. The van der Waals surface area contributed by atoms with Crippen LogP contribution < -0.4 is 11.1 Å². The summed E-state index contributed by atoms with van der Waals surface area (Å²) in [6.45, 7) is 3.61. The van der Waals surface area contributed by atoms with Crippen LogP contribution in [0.2, 0.25) is 0 Å². The minimum Gasteiger partial charge on any atom is -0.326 e. The minimum atomic E-state index is -4.35. The van der Waals surface area contributed by atoms with Gasteiger partial charge in [-0.25, -0.2) is 0 Å². The van der Waals surface area contributed by atoms with Crippen molar-refractivity contribution in [1.29, 1.82) is 0 Å². The summed E-state index contributed by atoms with van der Waals surface area (Å²) in [5, 5.41) is 3.42. The fourth-order valence-electron chi connectivity index (χ4n) is 4.17. The summed E-state index contributed by atoms with van der Waals surface area (Å²) in [5.41, 5.74) is 7.22.